The van der Waals surface area contributed by atoms with Crippen LogP contribution in [-0.4, -0.2) is 0 Å². The van der Waals surface area contributed by atoms with Crippen molar-refractivity contribution in [1.82, 2.24) is 0 Å². The summed E-state index contributed by atoms with van der Waals surface area (Å²) < 4.78 is 13.0. The number of hydrogen-bond donors (Lipinski definition) is 1. The molecule has 10 aromatic rings. The second kappa shape index (κ2) is 12.7. The Balaban J connectivity index is 1.08. The van der Waals surface area contributed by atoms with E-state index >= 15 is 0 Å². The Kier molecular flexibility index (Phi) is 7.20. The van der Waals surface area contributed by atoms with E-state index in [0.29, 0.717) is 0 Å². The summed E-state index contributed by atoms with van der Waals surface area (Å²) in [5.41, 5.74) is 11.8. The SMILES string of the molecule is c1ccc(-c2ccccc2-c2ccc(N(c3ccc4oc5ccccc5c4c3)c3ccc4ccc5ccc6c(c5c4c3)OC(c3ccccc3)N6)cc2)cc1. The number of furan rings is 1. The van der Waals surface area contributed by atoms with Gasteiger partial charge in [0.05, 0.1) is 5.69 Å². The highest BCUT2D eigenvalue weighted by atomic mass is 16.5. The van der Waals surface area contributed by atoms with Gasteiger partial charge in [-0.15, -0.1) is 0 Å². The lowest BCUT2D eigenvalue weighted by atomic mass is 9.94. The first kappa shape index (κ1) is 31.2. The van der Waals surface area contributed by atoms with E-state index < -0.39 is 0 Å². The van der Waals surface area contributed by atoms with Gasteiger partial charge in [0.1, 0.15) is 11.2 Å². The lowest BCUT2D eigenvalue weighted by molar-refractivity contribution is 0.263. The maximum atomic E-state index is 6.73. The van der Waals surface area contributed by atoms with Crippen molar-refractivity contribution in [2.75, 3.05) is 10.2 Å². The van der Waals surface area contributed by atoms with Crippen molar-refractivity contribution in [2.24, 2.45) is 0 Å². The molecule has 0 aliphatic carbocycles. The summed E-state index contributed by atoms with van der Waals surface area (Å²) in [5.74, 6) is 0.883. The van der Waals surface area contributed by atoms with Gasteiger partial charge in [-0.3, -0.25) is 0 Å². The molecule has 4 heteroatoms. The van der Waals surface area contributed by atoms with Gasteiger partial charge in [-0.2, -0.15) is 0 Å². The molecule has 0 fully saturated rings. The highest BCUT2D eigenvalue weighted by Crippen LogP contribution is 2.47. The van der Waals surface area contributed by atoms with Crippen LogP contribution in [0.4, 0.5) is 22.7 Å². The van der Waals surface area contributed by atoms with Crippen LogP contribution in [0.25, 0.3) is 65.7 Å². The zero-order valence-electron chi connectivity index (χ0n) is 29.8. The van der Waals surface area contributed by atoms with E-state index in [1.807, 2.05) is 18.2 Å². The lowest BCUT2D eigenvalue weighted by Gasteiger charge is -2.26. The predicted octanol–water partition coefficient (Wildman–Crippen LogP) is 14.2. The molecule has 4 nitrogen and oxygen atoms in total. The number of fused-ring (bicyclic) bond motifs is 8. The van der Waals surface area contributed by atoms with Crippen LogP contribution in [0, 0.1) is 0 Å². The van der Waals surface area contributed by atoms with Crippen LogP contribution in [0.1, 0.15) is 11.8 Å². The van der Waals surface area contributed by atoms with Crippen molar-refractivity contribution in [3.8, 4) is 28.0 Å². The Morgan fingerprint density at radius 3 is 1.82 bits per heavy atom. The summed E-state index contributed by atoms with van der Waals surface area (Å²) in [6, 6.07) is 68.8. The lowest BCUT2D eigenvalue weighted by Crippen LogP contribution is -2.10. The maximum Gasteiger partial charge on any atom is 0.196 e. The normalized spacial score (nSPS) is 13.6. The standard InChI is InChI=1S/C51H34N2O2/c1-3-11-33(12-4-1)41-15-7-8-16-42(41)34-21-25-38(26-22-34)53(40-28-30-48-45(32-40)43-17-9-10-18-47(43)54-48)39-27-23-35-19-20-36-24-29-46-50(49(36)44(35)31-39)55-51(52-46)37-13-5-2-6-14-37/h1-32,51-52H. The first-order valence-corrected chi connectivity index (χ1v) is 18.7. The minimum atomic E-state index is -0.251. The number of benzene rings is 9. The molecule has 0 amide bonds. The van der Waals surface area contributed by atoms with Gasteiger partial charge in [0, 0.05) is 38.8 Å². The Bertz CT molecular complexity index is 3040. The quantitative estimate of drug-likeness (QED) is 0.175. The molecule has 1 atom stereocenters. The summed E-state index contributed by atoms with van der Waals surface area (Å²) in [6.45, 7) is 0. The third-order valence-corrected chi connectivity index (χ3v) is 10.9. The molecule has 9 aromatic carbocycles. The van der Waals surface area contributed by atoms with Crippen LogP contribution < -0.4 is 15.0 Å². The number of ether oxygens (including phenoxy) is 1. The first-order valence-electron chi connectivity index (χ1n) is 18.7. The molecule has 0 bridgehead atoms. The van der Waals surface area contributed by atoms with Crippen LogP contribution in [-0.2, 0) is 0 Å². The fourth-order valence-electron chi connectivity index (χ4n) is 8.24. The molecule has 1 aromatic heterocycles. The largest absolute Gasteiger partial charge is 0.464 e. The Labute approximate surface area is 318 Å². The number of nitrogens with zero attached hydrogens (tertiary/aromatic N) is 1. The first-order chi connectivity index (χ1) is 27.2. The molecule has 11 rings (SSSR count). The summed E-state index contributed by atoms with van der Waals surface area (Å²) in [5, 5.41) is 10.3. The highest BCUT2D eigenvalue weighted by molar-refractivity contribution is 6.14. The number of para-hydroxylation sites is 1. The van der Waals surface area contributed by atoms with Crippen molar-refractivity contribution in [3.05, 3.63) is 200 Å². The van der Waals surface area contributed by atoms with Crippen LogP contribution in [0.3, 0.4) is 0 Å². The zero-order chi connectivity index (χ0) is 36.3. The van der Waals surface area contributed by atoms with Crippen molar-refractivity contribution < 1.29 is 9.15 Å². The van der Waals surface area contributed by atoms with Crippen molar-refractivity contribution in [3.63, 3.8) is 0 Å². The summed E-state index contributed by atoms with van der Waals surface area (Å²) >= 11 is 0. The molecular weight excluding hydrogens is 673 g/mol. The molecule has 0 saturated heterocycles. The van der Waals surface area contributed by atoms with Crippen LogP contribution >= 0.6 is 0 Å². The minimum absolute atomic E-state index is 0.251. The third-order valence-electron chi connectivity index (χ3n) is 10.9. The van der Waals surface area contributed by atoms with E-state index in [2.05, 4.69) is 186 Å². The molecule has 55 heavy (non-hydrogen) atoms. The molecule has 1 unspecified atom stereocenters. The molecule has 260 valence electrons. The van der Waals surface area contributed by atoms with Gasteiger partial charge in [0.2, 0.25) is 0 Å². The van der Waals surface area contributed by atoms with E-state index in [0.717, 1.165) is 83.1 Å². The second-order valence-corrected chi connectivity index (χ2v) is 14.1. The number of anilines is 4. The van der Waals surface area contributed by atoms with Gasteiger partial charge in [-0.25, -0.2) is 0 Å². The van der Waals surface area contributed by atoms with Gasteiger partial charge >= 0.3 is 0 Å². The molecule has 0 saturated carbocycles. The van der Waals surface area contributed by atoms with Crippen molar-refractivity contribution in [1.29, 1.82) is 0 Å². The topological polar surface area (TPSA) is 37.6 Å². The van der Waals surface area contributed by atoms with Crippen molar-refractivity contribution in [2.45, 2.75) is 6.23 Å². The number of nitrogens with one attached hydrogen (secondary N) is 1. The van der Waals surface area contributed by atoms with E-state index in [4.69, 9.17) is 9.15 Å². The zero-order valence-corrected chi connectivity index (χ0v) is 29.8. The van der Waals surface area contributed by atoms with Gasteiger partial charge in [0.25, 0.3) is 0 Å². The van der Waals surface area contributed by atoms with E-state index in [-0.39, 0.29) is 6.23 Å². The van der Waals surface area contributed by atoms with Gasteiger partial charge < -0.3 is 19.4 Å². The van der Waals surface area contributed by atoms with Crippen LogP contribution in [0.2, 0.25) is 0 Å². The summed E-state index contributed by atoms with van der Waals surface area (Å²) in [7, 11) is 0. The number of rotatable bonds is 6. The van der Waals surface area contributed by atoms with E-state index in [9.17, 15) is 0 Å². The van der Waals surface area contributed by atoms with Crippen LogP contribution in [0.15, 0.2) is 199 Å². The molecule has 0 radical (unpaired) electrons. The molecule has 0 spiro atoms. The second-order valence-electron chi connectivity index (χ2n) is 14.1. The summed E-state index contributed by atoms with van der Waals surface area (Å²) in [6.07, 6.45) is -0.251. The van der Waals surface area contributed by atoms with Crippen molar-refractivity contribution >= 4 is 66.2 Å². The Morgan fingerprint density at radius 2 is 1.02 bits per heavy atom. The average Bonchev–Trinajstić information content (AvgIpc) is 3.87. The van der Waals surface area contributed by atoms with Gasteiger partial charge in [-0.05, 0) is 93.0 Å². The third kappa shape index (κ3) is 5.30. The minimum Gasteiger partial charge on any atom is -0.464 e. The fourth-order valence-corrected chi connectivity index (χ4v) is 8.24. The Morgan fingerprint density at radius 1 is 0.436 bits per heavy atom. The van der Waals surface area contributed by atoms with Gasteiger partial charge in [0.15, 0.2) is 12.0 Å². The molecule has 1 N–H and O–H groups in total. The van der Waals surface area contributed by atoms with E-state index in [1.165, 1.54) is 16.7 Å². The Hall–Kier alpha value is -7.30. The predicted molar refractivity (Wildman–Crippen MR) is 228 cm³/mol. The average molecular weight is 707 g/mol. The number of hydrogen-bond acceptors (Lipinski definition) is 4. The molecule has 2 heterocycles. The maximum absolute atomic E-state index is 6.73. The van der Waals surface area contributed by atoms with E-state index in [1.54, 1.807) is 0 Å². The monoisotopic (exact) mass is 706 g/mol. The molecular formula is C51H34N2O2. The summed E-state index contributed by atoms with van der Waals surface area (Å²) in [4.78, 5) is 2.35. The molecule has 1 aliphatic rings. The molecule has 1 aliphatic heterocycles. The van der Waals surface area contributed by atoms with Gasteiger partial charge in [-0.1, -0.05) is 140 Å². The van der Waals surface area contributed by atoms with Crippen LogP contribution in [0.5, 0.6) is 5.75 Å². The smallest absolute Gasteiger partial charge is 0.196 e. The highest BCUT2D eigenvalue weighted by Gasteiger charge is 2.26. The fraction of sp³-hybridized carbons (Fsp3) is 0.0196.